The van der Waals surface area contributed by atoms with E-state index in [1.54, 1.807) is 24.3 Å². The largest absolute Gasteiger partial charge is 0.449 e. The summed E-state index contributed by atoms with van der Waals surface area (Å²) < 4.78 is 45.3. The van der Waals surface area contributed by atoms with Crippen LogP contribution in [0.4, 0.5) is 29.3 Å². The number of nitro groups is 1. The van der Waals surface area contributed by atoms with E-state index < -0.39 is 51.7 Å². The van der Waals surface area contributed by atoms with Crippen LogP contribution < -0.4 is 10.1 Å². The van der Waals surface area contributed by atoms with Crippen molar-refractivity contribution in [3.63, 3.8) is 0 Å². The molecule has 1 heterocycles. The van der Waals surface area contributed by atoms with Crippen molar-refractivity contribution in [1.29, 1.82) is 0 Å². The van der Waals surface area contributed by atoms with Gasteiger partial charge in [0.1, 0.15) is 12.3 Å². The highest BCUT2D eigenvalue weighted by Crippen LogP contribution is 2.40. The molecule has 3 amide bonds. The molecule has 0 bridgehead atoms. The summed E-state index contributed by atoms with van der Waals surface area (Å²) in [5, 5.41) is 13.4. The first-order chi connectivity index (χ1) is 18.8. The predicted octanol–water partition coefficient (Wildman–Crippen LogP) is 7.15. The second-order valence-electron chi connectivity index (χ2n) is 8.40. The van der Waals surface area contributed by atoms with Gasteiger partial charge in [0.05, 0.1) is 15.4 Å². The maximum atomic E-state index is 13.1. The van der Waals surface area contributed by atoms with Gasteiger partial charge in [-0.2, -0.15) is 13.2 Å². The lowest BCUT2D eigenvalue weighted by molar-refractivity contribution is -0.385. The summed E-state index contributed by atoms with van der Waals surface area (Å²) >= 11 is 3.84. The summed E-state index contributed by atoms with van der Waals surface area (Å²) in [4.78, 5) is 49.1. The number of hydrogen-bond acceptors (Lipinski definition) is 7. The fourth-order valence-electron chi connectivity index (χ4n) is 3.52. The van der Waals surface area contributed by atoms with Crippen LogP contribution in [0.5, 0.6) is 11.5 Å². The zero-order valence-electron chi connectivity index (χ0n) is 20.3. The molecule has 0 aliphatic carbocycles. The van der Waals surface area contributed by atoms with Gasteiger partial charge in [0.25, 0.3) is 11.1 Å². The molecule has 1 N–H and O–H groups in total. The minimum atomic E-state index is -4.80. The minimum Gasteiger partial charge on any atom is -0.449 e. The Morgan fingerprint density at radius 2 is 1.77 bits per heavy atom. The SMILES string of the molecule is Cc1ccc(NC(=O)CN2C(=O)S/C(=C/c3cc(Br)ccc3Oc3ccc(C(F)(F)F)cc3[N+](=O)[O-])C2=O)cc1. The number of rotatable bonds is 7. The lowest BCUT2D eigenvalue weighted by Crippen LogP contribution is -2.36. The Balaban J connectivity index is 1.58. The Morgan fingerprint density at radius 3 is 2.42 bits per heavy atom. The third-order valence-electron chi connectivity index (χ3n) is 5.47. The third-order valence-corrected chi connectivity index (χ3v) is 6.87. The Bertz CT molecular complexity index is 1560. The zero-order valence-corrected chi connectivity index (χ0v) is 22.7. The number of carbonyl (C=O) groups is 3. The molecular weight excluding hydrogens is 619 g/mol. The lowest BCUT2D eigenvalue weighted by Gasteiger charge is -2.13. The molecule has 1 fully saturated rings. The molecule has 0 aromatic heterocycles. The number of hydrogen-bond donors (Lipinski definition) is 1. The van der Waals surface area contributed by atoms with Crippen LogP contribution in [0.15, 0.2) is 70.0 Å². The molecule has 9 nitrogen and oxygen atoms in total. The molecule has 14 heteroatoms. The number of benzene rings is 3. The third kappa shape index (κ3) is 6.69. The number of halogens is 4. The Hall–Kier alpha value is -4.17. The minimum absolute atomic E-state index is 0.0324. The van der Waals surface area contributed by atoms with Gasteiger partial charge in [-0.05, 0) is 67.2 Å². The zero-order chi connectivity index (χ0) is 29.2. The topological polar surface area (TPSA) is 119 Å². The molecule has 40 heavy (non-hydrogen) atoms. The van der Waals surface area contributed by atoms with Crippen molar-refractivity contribution in [3.05, 3.63) is 96.8 Å². The van der Waals surface area contributed by atoms with Gasteiger partial charge >= 0.3 is 11.9 Å². The summed E-state index contributed by atoms with van der Waals surface area (Å²) in [6.45, 7) is 1.35. The van der Waals surface area contributed by atoms with Crippen LogP contribution in [0.3, 0.4) is 0 Å². The number of ether oxygens (including phenoxy) is 1. The average Bonchev–Trinajstić information content (AvgIpc) is 3.13. The van der Waals surface area contributed by atoms with Gasteiger partial charge in [-0.25, -0.2) is 0 Å². The molecular formula is C26H17BrF3N3O6S. The van der Waals surface area contributed by atoms with Gasteiger partial charge in [-0.1, -0.05) is 33.6 Å². The average molecular weight is 636 g/mol. The van der Waals surface area contributed by atoms with Crippen LogP contribution in [0, 0.1) is 17.0 Å². The van der Waals surface area contributed by atoms with E-state index in [-0.39, 0.29) is 16.2 Å². The van der Waals surface area contributed by atoms with E-state index in [0.29, 0.717) is 34.1 Å². The van der Waals surface area contributed by atoms with Gasteiger partial charge in [0.2, 0.25) is 11.7 Å². The molecule has 1 aliphatic heterocycles. The molecule has 4 rings (SSSR count). The first-order valence-corrected chi connectivity index (χ1v) is 12.9. The van der Waals surface area contributed by atoms with Gasteiger partial charge in [-0.3, -0.25) is 29.4 Å². The molecule has 0 saturated carbocycles. The van der Waals surface area contributed by atoms with Crippen LogP contribution in [-0.4, -0.2) is 33.4 Å². The number of amides is 3. The highest BCUT2D eigenvalue weighted by Gasteiger charge is 2.37. The van der Waals surface area contributed by atoms with E-state index in [4.69, 9.17) is 4.74 Å². The maximum absolute atomic E-state index is 13.1. The Morgan fingerprint density at radius 1 is 1.10 bits per heavy atom. The standard InChI is InChI=1S/C26H17BrF3N3O6S/c1-14-2-6-18(7-3-14)31-23(34)13-32-24(35)22(40-25(32)36)11-15-10-17(27)5-9-20(15)39-21-8-4-16(26(28,29)30)12-19(21)33(37)38/h2-12H,13H2,1H3,(H,31,34)/b22-11+. The number of nitrogens with zero attached hydrogens (tertiary/aromatic N) is 2. The van der Waals surface area contributed by atoms with E-state index in [0.717, 1.165) is 16.5 Å². The molecule has 3 aromatic rings. The molecule has 0 radical (unpaired) electrons. The van der Waals surface area contributed by atoms with Gasteiger partial charge < -0.3 is 10.1 Å². The van der Waals surface area contributed by atoms with E-state index in [2.05, 4.69) is 21.2 Å². The van der Waals surface area contributed by atoms with E-state index in [9.17, 15) is 37.7 Å². The summed E-state index contributed by atoms with van der Waals surface area (Å²) in [6, 6.07) is 13.2. The van der Waals surface area contributed by atoms with Crippen molar-refractivity contribution >= 4 is 62.2 Å². The van der Waals surface area contributed by atoms with Crippen molar-refractivity contribution in [2.24, 2.45) is 0 Å². The lowest BCUT2D eigenvalue weighted by atomic mass is 10.1. The summed E-state index contributed by atoms with van der Waals surface area (Å²) in [6.07, 6.45) is -3.51. The van der Waals surface area contributed by atoms with Crippen molar-refractivity contribution in [2.75, 3.05) is 11.9 Å². The molecule has 1 saturated heterocycles. The number of nitrogens with one attached hydrogen (secondary N) is 1. The fraction of sp³-hybridized carbons (Fsp3) is 0.115. The maximum Gasteiger partial charge on any atom is 0.416 e. The van der Waals surface area contributed by atoms with Crippen LogP contribution in [0.25, 0.3) is 6.08 Å². The second-order valence-corrected chi connectivity index (χ2v) is 10.3. The van der Waals surface area contributed by atoms with Gasteiger partial charge in [-0.15, -0.1) is 0 Å². The summed E-state index contributed by atoms with van der Waals surface area (Å²) in [5.41, 5.74) is -0.464. The fourth-order valence-corrected chi connectivity index (χ4v) is 4.73. The first kappa shape index (κ1) is 28.8. The number of alkyl halides is 3. The van der Waals surface area contributed by atoms with Crippen LogP contribution in [0.1, 0.15) is 16.7 Å². The number of carbonyl (C=O) groups excluding carboxylic acids is 3. The van der Waals surface area contributed by atoms with Crippen molar-refractivity contribution in [1.82, 2.24) is 4.90 Å². The second kappa shape index (κ2) is 11.5. The molecule has 0 spiro atoms. The Labute approximate surface area is 237 Å². The highest BCUT2D eigenvalue weighted by molar-refractivity contribution is 9.10. The number of aryl methyl sites for hydroxylation is 1. The van der Waals surface area contributed by atoms with E-state index >= 15 is 0 Å². The molecule has 206 valence electrons. The van der Waals surface area contributed by atoms with Crippen LogP contribution in [-0.2, 0) is 15.8 Å². The van der Waals surface area contributed by atoms with Crippen LogP contribution >= 0.6 is 27.7 Å². The molecule has 1 aliphatic rings. The molecule has 0 unspecified atom stereocenters. The summed E-state index contributed by atoms with van der Waals surface area (Å²) in [5.74, 6) is -1.83. The molecule has 0 atom stereocenters. The predicted molar refractivity (Wildman–Crippen MR) is 145 cm³/mol. The quantitative estimate of drug-likeness (QED) is 0.166. The van der Waals surface area contributed by atoms with Crippen molar-refractivity contribution in [3.8, 4) is 11.5 Å². The van der Waals surface area contributed by atoms with Gasteiger partial charge in [0, 0.05) is 21.8 Å². The number of thioether (sulfide) groups is 1. The number of anilines is 1. The number of nitro benzene ring substituents is 1. The van der Waals surface area contributed by atoms with Crippen LogP contribution in [0.2, 0.25) is 0 Å². The number of imide groups is 1. The summed E-state index contributed by atoms with van der Waals surface area (Å²) in [7, 11) is 0. The van der Waals surface area contributed by atoms with E-state index in [1.807, 2.05) is 6.92 Å². The molecule has 3 aromatic carbocycles. The Kier molecular flexibility index (Phi) is 8.30. The normalized spacial score (nSPS) is 14.5. The van der Waals surface area contributed by atoms with E-state index in [1.165, 1.54) is 24.3 Å². The highest BCUT2D eigenvalue weighted by atomic mass is 79.9. The first-order valence-electron chi connectivity index (χ1n) is 11.3. The van der Waals surface area contributed by atoms with Gasteiger partial charge in [0.15, 0.2) is 0 Å². The van der Waals surface area contributed by atoms with Crippen molar-refractivity contribution < 1.29 is 37.2 Å². The van der Waals surface area contributed by atoms with Crippen molar-refractivity contribution in [2.45, 2.75) is 13.1 Å². The monoisotopic (exact) mass is 635 g/mol. The smallest absolute Gasteiger partial charge is 0.416 e.